The van der Waals surface area contributed by atoms with Crippen molar-refractivity contribution in [3.8, 4) is 5.75 Å². The molecule has 2 aromatic heterocycles. The predicted octanol–water partition coefficient (Wildman–Crippen LogP) is 3.84. The molecule has 0 saturated carbocycles. The second kappa shape index (κ2) is 10.6. The lowest BCUT2D eigenvalue weighted by Crippen LogP contribution is -2.37. The monoisotopic (exact) mass is 463 g/mol. The van der Waals surface area contributed by atoms with E-state index in [1.165, 1.54) is 5.56 Å². The number of pyridine rings is 1. The summed E-state index contributed by atoms with van der Waals surface area (Å²) in [5.74, 6) is 0.984. The molecule has 4 rings (SSSR count). The van der Waals surface area contributed by atoms with Gasteiger partial charge in [0.1, 0.15) is 5.75 Å². The first-order valence-corrected chi connectivity index (χ1v) is 12.1. The molecule has 0 atom stereocenters. The van der Waals surface area contributed by atoms with E-state index in [9.17, 15) is 9.59 Å². The zero-order valence-corrected chi connectivity index (χ0v) is 19.9. The van der Waals surface area contributed by atoms with Crippen LogP contribution in [0.15, 0.2) is 47.3 Å². The minimum atomic E-state index is 0.0107. The Bertz CT molecular complexity index is 1110. The highest BCUT2D eigenvalue weighted by Crippen LogP contribution is 2.25. The average Bonchev–Trinajstić information content (AvgIpc) is 3.35. The van der Waals surface area contributed by atoms with Crippen molar-refractivity contribution in [1.82, 2.24) is 15.2 Å². The van der Waals surface area contributed by atoms with Crippen LogP contribution in [-0.4, -0.2) is 35.4 Å². The lowest BCUT2D eigenvalue weighted by atomic mass is 9.94. The fraction of sp³-hybridized carbons (Fsp3) is 0.346. The summed E-state index contributed by atoms with van der Waals surface area (Å²) in [7, 11) is 1.65. The van der Waals surface area contributed by atoms with Crippen molar-refractivity contribution in [2.45, 2.75) is 45.7 Å². The number of aryl methyl sites for hydroxylation is 2. The van der Waals surface area contributed by atoms with Crippen molar-refractivity contribution < 1.29 is 14.3 Å². The molecular weight excluding hydrogens is 434 g/mol. The molecule has 1 aromatic carbocycles. The summed E-state index contributed by atoms with van der Waals surface area (Å²) in [5.41, 5.74) is 6.47. The molecule has 172 valence electrons. The maximum atomic E-state index is 12.8. The zero-order valence-electron chi connectivity index (χ0n) is 19.1. The van der Waals surface area contributed by atoms with Gasteiger partial charge in [0.25, 0.3) is 0 Å². The Balaban J connectivity index is 1.35. The fourth-order valence-corrected chi connectivity index (χ4v) is 4.87. The Morgan fingerprint density at radius 3 is 2.73 bits per heavy atom. The normalized spacial score (nSPS) is 12.8. The van der Waals surface area contributed by atoms with Gasteiger partial charge in [-0.1, -0.05) is 12.1 Å². The van der Waals surface area contributed by atoms with Crippen molar-refractivity contribution in [2.75, 3.05) is 13.7 Å². The second-order valence-electron chi connectivity index (χ2n) is 8.32. The van der Waals surface area contributed by atoms with Crippen molar-refractivity contribution in [3.05, 3.63) is 80.8 Å². The molecule has 0 spiro atoms. The number of methoxy groups -OCH3 is 1. The summed E-state index contributed by atoms with van der Waals surface area (Å²) < 4.78 is 5.19. The lowest BCUT2D eigenvalue weighted by molar-refractivity contribution is -0.132. The van der Waals surface area contributed by atoms with Crippen molar-refractivity contribution in [3.63, 3.8) is 0 Å². The number of ether oxygens (including phenoxy) is 1. The molecule has 3 heterocycles. The first-order chi connectivity index (χ1) is 16.0. The van der Waals surface area contributed by atoms with Crippen LogP contribution >= 0.6 is 11.3 Å². The summed E-state index contributed by atoms with van der Waals surface area (Å²) >= 11 is 1.60. The molecule has 3 aromatic rings. The minimum absolute atomic E-state index is 0.0107. The highest BCUT2D eigenvalue weighted by atomic mass is 32.1. The number of hydrogen-bond acceptors (Lipinski definition) is 5. The Labute approximate surface area is 198 Å². The van der Waals surface area contributed by atoms with Gasteiger partial charge in [0.2, 0.25) is 11.8 Å². The van der Waals surface area contributed by atoms with Crippen LogP contribution in [0.3, 0.4) is 0 Å². The summed E-state index contributed by atoms with van der Waals surface area (Å²) in [6, 6.07) is 9.82. The maximum Gasteiger partial charge on any atom is 0.224 e. The highest BCUT2D eigenvalue weighted by molar-refractivity contribution is 7.08. The van der Waals surface area contributed by atoms with E-state index in [4.69, 9.17) is 4.74 Å². The van der Waals surface area contributed by atoms with Gasteiger partial charge in [-0.15, -0.1) is 0 Å². The van der Waals surface area contributed by atoms with E-state index in [1.54, 1.807) is 18.4 Å². The molecule has 2 amide bonds. The lowest BCUT2D eigenvalue weighted by Gasteiger charge is -2.30. The molecule has 0 radical (unpaired) electrons. The molecule has 0 aliphatic carbocycles. The van der Waals surface area contributed by atoms with Gasteiger partial charge in [0, 0.05) is 37.9 Å². The standard InChI is InChI=1S/C26H29N3O3S/c1-18-24(15-28-25(30)13-20-10-12-33-17-20)23-9-11-29(16-21(23)14-27-18)26(31)8-5-19-3-6-22(32-2)7-4-19/h3-4,6-7,10,12,14,17H,5,8-9,11,13,15-16H2,1-2H3,(H,28,30). The van der Waals surface area contributed by atoms with Crippen LogP contribution in [0.1, 0.15) is 39.9 Å². The van der Waals surface area contributed by atoms with Gasteiger partial charge in [-0.3, -0.25) is 14.6 Å². The molecule has 1 N–H and O–H groups in total. The molecule has 0 unspecified atom stereocenters. The third-order valence-electron chi connectivity index (χ3n) is 6.14. The van der Waals surface area contributed by atoms with Crippen LogP contribution in [-0.2, 0) is 41.9 Å². The van der Waals surface area contributed by atoms with Crippen molar-refractivity contribution in [2.24, 2.45) is 0 Å². The van der Waals surface area contributed by atoms with Crippen LogP contribution in [0.2, 0.25) is 0 Å². The molecule has 0 saturated heterocycles. The van der Waals surface area contributed by atoms with Gasteiger partial charge in [0.15, 0.2) is 0 Å². The molecule has 7 heteroatoms. The summed E-state index contributed by atoms with van der Waals surface area (Å²) in [5, 5.41) is 7.02. The van der Waals surface area contributed by atoms with Crippen LogP contribution in [0.5, 0.6) is 5.75 Å². The number of nitrogens with one attached hydrogen (secondary N) is 1. The van der Waals surface area contributed by atoms with E-state index in [2.05, 4.69) is 10.3 Å². The summed E-state index contributed by atoms with van der Waals surface area (Å²) in [6.07, 6.45) is 4.24. The number of thiophene rings is 1. The van der Waals surface area contributed by atoms with E-state index >= 15 is 0 Å². The van der Waals surface area contributed by atoms with E-state index in [0.717, 1.165) is 40.1 Å². The fourth-order valence-electron chi connectivity index (χ4n) is 4.20. The Morgan fingerprint density at radius 1 is 1.18 bits per heavy atom. The SMILES string of the molecule is COc1ccc(CCC(=O)N2CCc3c(cnc(C)c3CNC(=O)Cc3ccsc3)C2)cc1. The third kappa shape index (κ3) is 5.79. The van der Waals surface area contributed by atoms with E-state index in [-0.39, 0.29) is 11.8 Å². The molecule has 0 bridgehead atoms. The zero-order chi connectivity index (χ0) is 23.2. The summed E-state index contributed by atoms with van der Waals surface area (Å²) in [4.78, 5) is 31.7. The minimum Gasteiger partial charge on any atom is -0.497 e. The number of fused-ring (bicyclic) bond motifs is 1. The smallest absolute Gasteiger partial charge is 0.224 e. The number of amides is 2. The van der Waals surface area contributed by atoms with Crippen LogP contribution < -0.4 is 10.1 Å². The Kier molecular flexibility index (Phi) is 7.40. The highest BCUT2D eigenvalue weighted by Gasteiger charge is 2.24. The number of aromatic nitrogens is 1. The molecule has 1 aliphatic rings. The summed E-state index contributed by atoms with van der Waals surface area (Å²) in [6.45, 7) is 3.71. The van der Waals surface area contributed by atoms with Crippen LogP contribution in [0, 0.1) is 6.92 Å². The Hall–Kier alpha value is -3.19. The van der Waals surface area contributed by atoms with Gasteiger partial charge in [-0.2, -0.15) is 11.3 Å². The first kappa shape index (κ1) is 23.0. The number of nitrogens with zero attached hydrogens (tertiary/aromatic N) is 2. The van der Waals surface area contributed by atoms with E-state index in [1.807, 2.05) is 59.1 Å². The van der Waals surface area contributed by atoms with Gasteiger partial charge in [-0.25, -0.2) is 0 Å². The number of benzene rings is 1. The second-order valence-corrected chi connectivity index (χ2v) is 9.10. The molecule has 0 fully saturated rings. The average molecular weight is 464 g/mol. The number of rotatable bonds is 8. The van der Waals surface area contributed by atoms with Gasteiger partial charge < -0.3 is 15.0 Å². The topological polar surface area (TPSA) is 71.5 Å². The molecular formula is C26H29N3O3S. The van der Waals surface area contributed by atoms with Crippen molar-refractivity contribution in [1.29, 1.82) is 0 Å². The quantitative estimate of drug-likeness (QED) is 0.551. The Morgan fingerprint density at radius 2 is 2.00 bits per heavy atom. The van der Waals surface area contributed by atoms with Gasteiger partial charge in [0.05, 0.1) is 13.5 Å². The van der Waals surface area contributed by atoms with Gasteiger partial charge >= 0.3 is 0 Å². The first-order valence-electron chi connectivity index (χ1n) is 11.2. The molecule has 33 heavy (non-hydrogen) atoms. The largest absolute Gasteiger partial charge is 0.497 e. The van der Waals surface area contributed by atoms with E-state index < -0.39 is 0 Å². The maximum absolute atomic E-state index is 12.8. The van der Waals surface area contributed by atoms with Crippen LogP contribution in [0.25, 0.3) is 0 Å². The number of carbonyl (C=O) groups excluding carboxylic acids is 2. The van der Waals surface area contributed by atoms with Crippen molar-refractivity contribution >= 4 is 23.2 Å². The van der Waals surface area contributed by atoms with E-state index in [0.29, 0.717) is 38.9 Å². The number of carbonyl (C=O) groups is 2. The number of hydrogen-bond donors (Lipinski definition) is 1. The predicted molar refractivity (Wildman–Crippen MR) is 129 cm³/mol. The third-order valence-corrected chi connectivity index (χ3v) is 6.87. The van der Waals surface area contributed by atoms with Gasteiger partial charge in [-0.05, 0) is 76.5 Å². The van der Waals surface area contributed by atoms with Crippen LogP contribution in [0.4, 0.5) is 0 Å². The molecule has 1 aliphatic heterocycles. The molecule has 6 nitrogen and oxygen atoms in total.